The number of hydrogen-bond acceptors (Lipinski definition) is 4. The second-order valence-electron chi connectivity index (χ2n) is 4.95. The first-order valence-corrected chi connectivity index (χ1v) is 6.39. The molecule has 0 aliphatic carbocycles. The average Bonchev–Trinajstić information content (AvgIpc) is 2.80. The maximum absolute atomic E-state index is 11.8. The minimum Gasteiger partial charge on any atom is -0.379 e. The van der Waals surface area contributed by atoms with Gasteiger partial charge in [0.2, 0.25) is 5.91 Å². The van der Waals surface area contributed by atoms with Crippen LogP contribution in [0.3, 0.4) is 0 Å². The van der Waals surface area contributed by atoms with Crippen LogP contribution in [0.5, 0.6) is 0 Å². The molecule has 0 spiro atoms. The number of nitrogens with zero attached hydrogens (tertiary/aromatic N) is 2. The molecule has 1 amide bonds. The molecule has 2 aliphatic heterocycles. The van der Waals surface area contributed by atoms with E-state index in [1.165, 1.54) is 0 Å². The lowest BCUT2D eigenvalue weighted by Crippen LogP contribution is -2.51. The highest BCUT2D eigenvalue weighted by atomic mass is 16.5. The van der Waals surface area contributed by atoms with Crippen molar-refractivity contribution in [3.8, 4) is 0 Å². The van der Waals surface area contributed by atoms with Gasteiger partial charge < -0.3 is 14.4 Å². The lowest BCUT2D eigenvalue weighted by Gasteiger charge is -2.37. The topological polar surface area (TPSA) is 49.9 Å². The molecule has 1 atom stereocenters. The van der Waals surface area contributed by atoms with Gasteiger partial charge in [-0.25, -0.2) is 0 Å². The first-order chi connectivity index (χ1) is 8.72. The molecule has 0 aromatic carbocycles. The van der Waals surface area contributed by atoms with E-state index in [2.05, 4.69) is 4.90 Å². The fourth-order valence-electron chi connectivity index (χ4n) is 2.33. The zero-order chi connectivity index (χ0) is 13.0. The predicted octanol–water partition coefficient (Wildman–Crippen LogP) is -0.0794. The number of ether oxygens (including phenoxy) is 1. The van der Waals surface area contributed by atoms with Crippen molar-refractivity contribution in [3.05, 3.63) is 12.2 Å². The highest BCUT2D eigenvalue weighted by Gasteiger charge is 2.26. The summed E-state index contributed by atoms with van der Waals surface area (Å²) in [5.74, 6) is 0.0448. The summed E-state index contributed by atoms with van der Waals surface area (Å²) in [4.78, 5) is 26.4. The maximum Gasteiger partial charge on any atom is 0.246 e. The third kappa shape index (κ3) is 3.17. The van der Waals surface area contributed by atoms with Gasteiger partial charge in [0.1, 0.15) is 6.29 Å². The number of hydrogen-bond donors (Lipinski definition) is 0. The van der Waals surface area contributed by atoms with Gasteiger partial charge in [-0.3, -0.25) is 9.69 Å². The summed E-state index contributed by atoms with van der Waals surface area (Å²) in [5, 5.41) is 0. The van der Waals surface area contributed by atoms with E-state index in [0.29, 0.717) is 19.2 Å². The van der Waals surface area contributed by atoms with Crippen LogP contribution < -0.4 is 0 Å². The Hall–Kier alpha value is -1.20. The van der Waals surface area contributed by atoms with Crippen LogP contribution in [0, 0.1) is 5.92 Å². The number of rotatable bonds is 5. The average molecular weight is 252 g/mol. The highest BCUT2D eigenvalue weighted by Crippen LogP contribution is 2.14. The first kappa shape index (κ1) is 13.2. The van der Waals surface area contributed by atoms with Crippen molar-refractivity contribution in [2.24, 2.45) is 5.92 Å². The Morgan fingerprint density at radius 2 is 2.17 bits per heavy atom. The van der Waals surface area contributed by atoms with Crippen LogP contribution in [0.15, 0.2) is 12.2 Å². The van der Waals surface area contributed by atoms with Crippen LogP contribution in [0.4, 0.5) is 0 Å². The second-order valence-corrected chi connectivity index (χ2v) is 4.95. The zero-order valence-corrected chi connectivity index (χ0v) is 10.7. The van der Waals surface area contributed by atoms with Crippen LogP contribution >= 0.6 is 0 Å². The number of aldehydes is 1. The van der Waals surface area contributed by atoms with E-state index in [1.54, 1.807) is 18.1 Å². The highest BCUT2D eigenvalue weighted by molar-refractivity contribution is 5.88. The van der Waals surface area contributed by atoms with Crippen LogP contribution in [0.2, 0.25) is 0 Å². The van der Waals surface area contributed by atoms with Gasteiger partial charge in [-0.15, -0.1) is 0 Å². The molecule has 2 fully saturated rings. The third-order valence-electron chi connectivity index (χ3n) is 3.61. The fraction of sp³-hybridized carbons (Fsp3) is 0.692. The molecule has 0 unspecified atom stereocenters. The molecule has 2 saturated heterocycles. The number of carbonyl (C=O) groups excluding carboxylic acids is 2. The van der Waals surface area contributed by atoms with Gasteiger partial charge in [-0.2, -0.15) is 0 Å². The molecular formula is C13H20N2O3. The molecule has 2 rings (SSSR count). The summed E-state index contributed by atoms with van der Waals surface area (Å²) in [5.41, 5.74) is 0. The molecule has 2 aliphatic rings. The van der Waals surface area contributed by atoms with Crippen molar-refractivity contribution < 1.29 is 14.3 Å². The Labute approximate surface area is 107 Å². The molecule has 18 heavy (non-hydrogen) atoms. The van der Waals surface area contributed by atoms with Gasteiger partial charge in [0, 0.05) is 51.8 Å². The second kappa shape index (κ2) is 6.11. The molecule has 5 heteroatoms. The maximum atomic E-state index is 11.8. The third-order valence-corrected chi connectivity index (χ3v) is 3.61. The number of methoxy groups -OCH3 is 1. The first-order valence-electron chi connectivity index (χ1n) is 6.39. The molecule has 0 aromatic rings. The van der Waals surface area contributed by atoms with Crippen LogP contribution in [-0.2, 0) is 14.3 Å². The Bertz CT molecular complexity index is 337. The Morgan fingerprint density at radius 3 is 2.78 bits per heavy atom. The molecule has 100 valence electrons. The van der Waals surface area contributed by atoms with E-state index in [-0.39, 0.29) is 11.8 Å². The largest absolute Gasteiger partial charge is 0.379 e. The van der Waals surface area contributed by atoms with E-state index in [1.807, 2.05) is 6.08 Å². The van der Waals surface area contributed by atoms with Gasteiger partial charge >= 0.3 is 0 Å². The van der Waals surface area contributed by atoms with Crippen LogP contribution in [-0.4, -0.2) is 67.9 Å². The number of carbonyl (C=O) groups is 2. The molecule has 0 saturated carbocycles. The fourth-order valence-corrected chi connectivity index (χ4v) is 2.33. The van der Waals surface area contributed by atoms with Crippen molar-refractivity contribution >= 4 is 12.2 Å². The molecule has 0 N–H and O–H groups in total. The lowest BCUT2D eigenvalue weighted by atomic mass is 10.1. The van der Waals surface area contributed by atoms with Gasteiger partial charge in [0.15, 0.2) is 0 Å². The smallest absolute Gasteiger partial charge is 0.246 e. The summed E-state index contributed by atoms with van der Waals surface area (Å²) in [7, 11) is 1.72. The van der Waals surface area contributed by atoms with Gasteiger partial charge in [-0.05, 0) is 6.42 Å². The minimum atomic E-state index is 0.0168. The summed E-state index contributed by atoms with van der Waals surface area (Å²) in [6, 6.07) is 0. The number of amides is 1. The molecule has 0 radical (unpaired) electrons. The SMILES string of the molecule is COC1CN(C/C=C/C(=O)N2CC[C@H](C=O)C2)C1. The quantitative estimate of drug-likeness (QED) is 0.507. The summed E-state index contributed by atoms with van der Waals surface area (Å²) in [6.07, 6.45) is 5.60. The standard InChI is InChI=1S/C13H20N2O3/c1-18-12-8-14(9-12)5-2-3-13(17)15-6-4-11(7-15)10-16/h2-3,10-12H,4-9H2,1H3/b3-2+/t11-/m0/s1. The van der Waals surface area contributed by atoms with Crippen molar-refractivity contribution in [3.63, 3.8) is 0 Å². The van der Waals surface area contributed by atoms with Crippen molar-refractivity contribution in [1.82, 2.24) is 9.80 Å². The minimum absolute atomic E-state index is 0.0168. The van der Waals surface area contributed by atoms with Crippen LogP contribution in [0.25, 0.3) is 0 Å². The van der Waals surface area contributed by atoms with Gasteiger partial charge in [0.25, 0.3) is 0 Å². The van der Waals surface area contributed by atoms with Crippen LogP contribution in [0.1, 0.15) is 6.42 Å². The monoisotopic (exact) mass is 252 g/mol. The van der Waals surface area contributed by atoms with Crippen molar-refractivity contribution in [2.45, 2.75) is 12.5 Å². The number of likely N-dealkylation sites (tertiary alicyclic amines) is 2. The molecule has 2 heterocycles. The summed E-state index contributed by atoms with van der Waals surface area (Å²) >= 11 is 0. The lowest BCUT2D eigenvalue weighted by molar-refractivity contribution is -0.125. The van der Waals surface area contributed by atoms with E-state index in [9.17, 15) is 9.59 Å². The zero-order valence-electron chi connectivity index (χ0n) is 10.7. The molecule has 0 bridgehead atoms. The molecule has 5 nitrogen and oxygen atoms in total. The molecule has 0 aromatic heterocycles. The van der Waals surface area contributed by atoms with Gasteiger partial charge in [0.05, 0.1) is 6.10 Å². The van der Waals surface area contributed by atoms with E-state index in [0.717, 1.165) is 32.3 Å². The summed E-state index contributed by atoms with van der Waals surface area (Å²) in [6.45, 7) is 3.93. The van der Waals surface area contributed by atoms with Crippen molar-refractivity contribution in [1.29, 1.82) is 0 Å². The molecular weight excluding hydrogens is 232 g/mol. The van der Waals surface area contributed by atoms with E-state index in [4.69, 9.17) is 4.74 Å². The Balaban J connectivity index is 1.67. The Kier molecular flexibility index (Phi) is 4.49. The van der Waals surface area contributed by atoms with E-state index >= 15 is 0 Å². The van der Waals surface area contributed by atoms with E-state index < -0.39 is 0 Å². The van der Waals surface area contributed by atoms with Gasteiger partial charge in [-0.1, -0.05) is 6.08 Å². The van der Waals surface area contributed by atoms with Crippen molar-refractivity contribution in [2.75, 3.05) is 39.8 Å². The predicted molar refractivity (Wildman–Crippen MR) is 67.1 cm³/mol. The Morgan fingerprint density at radius 1 is 1.39 bits per heavy atom. The summed E-state index contributed by atoms with van der Waals surface area (Å²) < 4.78 is 5.18. The normalized spacial score (nSPS) is 25.6.